The highest BCUT2D eigenvalue weighted by atomic mass is 35.5. The Hall–Kier alpha value is -2.73. The van der Waals surface area contributed by atoms with Crippen LogP contribution in [-0.2, 0) is 11.3 Å². The lowest BCUT2D eigenvalue weighted by Gasteiger charge is -2.39. The number of rotatable bonds is 2. The van der Waals surface area contributed by atoms with Gasteiger partial charge in [0.05, 0.1) is 18.8 Å². The summed E-state index contributed by atoms with van der Waals surface area (Å²) in [5.74, 6) is 5.78. The van der Waals surface area contributed by atoms with Gasteiger partial charge in [-0.15, -0.1) is 0 Å². The van der Waals surface area contributed by atoms with Crippen LogP contribution in [0.15, 0.2) is 18.2 Å². The Labute approximate surface area is 183 Å². The number of aromatic amines is 1. The van der Waals surface area contributed by atoms with E-state index in [2.05, 4.69) is 36.9 Å². The minimum absolute atomic E-state index is 0.175. The molecule has 4 heterocycles. The van der Waals surface area contributed by atoms with Gasteiger partial charge in [0.25, 0.3) is 0 Å². The van der Waals surface area contributed by atoms with Gasteiger partial charge in [-0.3, -0.25) is 5.10 Å². The van der Waals surface area contributed by atoms with Gasteiger partial charge < -0.3 is 14.7 Å². The second-order valence-corrected chi connectivity index (χ2v) is 8.52. The Morgan fingerprint density at radius 2 is 2.06 bits per heavy atom. The number of aliphatic hydroxyl groups is 1. The van der Waals surface area contributed by atoms with Gasteiger partial charge >= 0.3 is 0 Å². The molecule has 7 nitrogen and oxygen atoms in total. The van der Waals surface area contributed by atoms with Crippen LogP contribution in [0.3, 0.4) is 0 Å². The largest absolute Gasteiger partial charge is 0.390 e. The number of ether oxygens (including phenoxy) is 1. The molecule has 1 aromatic carbocycles. The molecule has 2 fully saturated rings. The number of hydrogen-bond donors (Lipinski definition) is 2. The average molecular weight is 442 g/mol. The molecule has 2 aliphatic heterocycles. The zero-order chi connectivity index (χ0) is 21.4. The summed E-state index contributed by atoms with van der Waals surface area (Å²) in [5.41, 5.74) is 2.19. The summed E-state index contributed by atoms with van der Waals surface area (Å²) in [6, 6.07) is 4.19. The Balaban J connectivity index is 1.44. The van der Waals surface area contributed by atoms with Gasteiger partial charge in [-0.05, 0) is 48.8 Å². The number of nitrogens with zero attached hydrogens (tertiary/aromatic N) is 4. The van der Waals surface area contributed by atoms with E-state index in [1.165, 1.54) is 18.2 Å². The third kappa shape index (κ3) is 3.85. The number of halogens is 2. The molecular weight excluding hydrogens is 421 g/mol. The Bertz CT molecular complexity index is 1190. The molecular formula is C22H21ClFN5O2. The van der Waals surface area contributed by atoms with E-state index in [1.54, 1.807) is 0 Å². The van der Waals surface area contributed by atoms with E-state index in [9.17, 15) is 9.50 Å². The minimum Gasteiger partial charge on any atom is -0.390 e. The van der Waals surface area contributed by atoms with Gasteiger partial charge in [0, 0.05) is 24.7 Å². The van der Waals surface area contributed by atoms with E-state index in [0.29, 0.717) is 33.4 Å². The summed E-state index contributed by atoms with van der Waals surface area (Å²) < 4.78 is 19.5. The first kappa shape index (κ1) is 20.2. The highest BCUT2D eigenvalue weighted by Crippen LogP contribution is 2.40. The topological polar surface area (TPSA) is 87.2 Å². The fourth-order valence-corrected chi connectivity index (χ4v) is 4.44. The van der Waals surface area contributed by atoms with Crippen LogP contribution in [0.4, 0.5) is 10.2 Å². The molecule has 0 unspecified atom stereocenters. The lowest BCUT2D eigenvalue weighted by molar-refractivity contribution is 0.133. The van der Waals surface area contributed by atoms with Crippen LogP contribution in [0.25, 0.3) is 11.2 Å². The number of benzene rings is 1. The van der Waals surface area contributed by atoms with Crippen LogP contribution in [0, 0.1) is 23.1 Å². The van der Waals surface area contributed by atoms with Gasteiger partial charge in [0.2, 0.25) is 0 Å². The monoisotopic (exact) mass is 441 g/mol. The number of aromatic nitrogens is 4. The lowest BCUT2D eigenvalue weighted by Crippen LogP contribution is -2.41. The van der Waals surface area contributed by atoms with Crippen molar-refractivity contribution in [3.8, 4) is 11.8 Å². The molecule has 2 saturated heterocycles. The molecule has 0 saturated carbocycles. The number of fused-ring (bicyclic) bond motifs is 1. The van der Waals surface area contributed by atoms with E-state index in [1.807, 2.05) is 0 Å². The predicted octanol–water partition coefficient (Wildman–Crippen LogP) is 3.04. The lowest BCUT2D eigenvalue weighted by atomic mass is 9.78. The maximum Gasteiger partial charge on any atom is 0.177 e. The molecule has 2 aromatic heterocycles. The maximum absolute atomic E-state index is 13.9. The van der Waals surface area contributed by atoms with E-state index in [4.69, 9.17) is 16.3 Å². The molecule has 2 N–H and O–H groups in total. The first-order valence-corrected chi connectivity index (χ1v) is 10.6. The SMILES string of the molecule is OCc1nc2c(C#Cc3cc(Cl)ccc3F)n[nH]c2nc1N1CCC2(CCOC2)CC1. The van der Waals surface area contributed by atoms with Crippen molar-refractivity contribution in [2.75, 3.05) is 31.2 Å². The number of aliphatic hydroxyl groups excluding tert-OH is 1. The summed E-state index contributed by atoms with van der Waals surface area (Å²) in [4.78, 5) is 11.4. The highest BCUT2D eigenvalue weighted by molar-refractivity contribution is 6.30. The number of nitrogens with one attached hydrogen (secondary N) is 1. The van der Waals surface area contributed by atoms with Gasteiger partial charge in [-0.1, -0.05) is 17.5 Å². The molecule has 1 spiro atoms. The second-order valence-electron chi connectivity index (χ2n) is 8.09. The molecule has 0 radical (unpaired) electrons. The zero-order valence-electron chi connectivity index (χ0n) is 16.8. The molecule has 9 heteroatoms. The number of anilines is 1. The van der Waals surface area contributed by atoms with Crippen molar-refractivity contribution in [2.45, 2.75) is 25.9 Å². The van der Waals surface area contributed by atoms with E-state index in [0.717, 1.165) is 45.6 Å². The Kier molecular flexibility index (Phi) is 5.26. The van der Waals surface area contributed by atoms with Crippen LogP contribution >= 0.6 is 11.6 Å². The minimum atomic E-state index is -0.461. The number of piperidine rings is 1. The predicted molar refractivity (Wildman–Crippen MR) is 114 cm³/mol. The highest BCUT2D eigenvalue weighted by Gasteiger charge is 2.38. The summed E-state index contributed by atoms with van der Waals surface area (Å²) in [6.07, 6.45) is 3.17. The quantitative estimate of drug-likeness (QED) is 0.594. The fourth-order valence-electron chi connectivity index (χ4n) is 4.27. The van der Waals surface area contributed by atoms with E-state index in [-0.39, 0.29) is 17.6 Å². The third-order valence-corrected chi connectivity index (χ3v) is 6.38. The van der Waals surface area contributed by atoms with Crippen LogP contribution in [0.5, 0.6) is 0 Å². The van der Waals surface area contributed by atoms with Crippen molar-refractivity contribution < 1.29 is 14.2 Å². The number of H-pyrrole nitrogens is 1. The van der Waals surface area contributed by atoms with Crippen LogP contribution < -0.4 is 4.90 Å². The molecule has 0 amide bonds. The zero-order valence-corrected chi connectivity index (χ0v) is 17.5. The molecule has 0 aliphatic carbocycles. The smallest absolute Gasteiger partial charge is 0.177 e. The van der Waals surface area contributed by atoms with Crippen LogP contribution in [-0.4, -0.2) is 51.6 Å². The Morgan fingerprint density at radius 3 is 2.81 bits per heavy atom. The molecule has 0 atom stereocenters. The first-order valence-electron chi connectivity index (χ1n) is 10.2. The van der Waals surface area contributed by atoms with Gasteiger partial charge in [-0.2, -0.15) is 5.10 Å². The Morgan fingerprint density at radius 1 is 1.23 bits per heavy atom. The molecule has 31 heavy (non-hydrogen) atoms. The van der Waals surface area contributed by atoms with Crippen LogP contribution in [0.1, 0.15) is 36.2 Å². The summed E-state index contributed by atoms with van der Waals surface area (Å²) in [7, 11) is 0. The van der Waals surface area contributed by atoms with Crippen molar-refractivity contribution >= 4 is 28.6 Å². The number of hydrogen-bond acceptors (Lipinski definition) is 6. The van der Waals surface area contributed by atoms with Crippen LogP contribution in [0.2, 0.25) is 5.02 Å². The van der Waals surface area contributed by atoms with Crippen molar-refractivity contribution in [3.63, 3.8) is 0 Å². The molecule has 3 aromatic rings. The molecule has 5 rings (SSSR count). The normalized spacial score (nSPS) is 17.8. The second kappa shape index (κ2) is 8.08. The van der Waals surface area contributed by atoms with Gasteiger partial charge in [-0.25, -0.2) is 14.4 Å². The van der Waals surface area contributed by atoms with E-state index < -0.39 is 5.82 Å². The fraction of sp³-hybridized carbons (Fsp3) is 0.409. The third-order valence-electron chi connectivity index (χ3n) is 6.15. The van der Waals surface area contributed by atoms with Crippen molar-refractivity contribution in [1.29, 1.82) is 0 Å². The molecule has 0 bridgehead atoms. The first-order chi connectivity index (χ1) is 15.1. The molecule has 2 aliphatic rings. The summed E-state index contributed by atoms with van der Waals surface area (Å²) in [6.45, 7) is 3.10. The average Bonchev–Trinajstić information content (AvgIpc) is 3.41. The van der Waals surface area contributed by atoms with Crippen molar-refractivity contribution in [1.82, 2.24) is 20.2 Å². The summed E-state index contributed by atoms with van der Waals surface area (Å²) in [5, 5.41) is 17.4. The van der Waals surface area contributed by atoms with E-state index >= 15 is 0 Å². The standard InChI is InChI=1S/C22H21ClFN5O2/c23-15-2-3-16(24)14(11-15)1-4-17-19-20(28-27-17)26-21(18(12-30)25-19)29-8-5-22(6-9-29)7-10-31-13-22/h2-3,11,30H,5-10,12-13H2,(H,26,27,28). The van der Waals surface area contributed by atoms with Gasteiger partial charge in [0.1, 0.15) is 17.0 Å². The van der Waals surface area contributed by atoms with Gasteiger partial charge in [0.15, 0.2) is 17.2 Å². The molecule has 160 valence electrons. The van der Waals surface area contributed by atoms with Crippen molar-refractivity contribution in [3.05, 3.63) is 46.0 Å². The van der Waals surface area contributed by atoms with Crippen molar-refractivity contribution in [2.24, 2.45) is 5.41 Å². The summed E-state index contributed by atoms with van der Waals surface area (Å²) >= 11 is 5.92. The maximum atomic E-state index is 13.9.